The van der Waals surface area contributed by atoms with Crippen LogP contribution in [0.25, 0.3) is 11.3 Å². The molecule has 0 unspecified atom stereocenters. The minimum Gasteiger partial charge on any atom is -0.497 e. The quantitative estimate of drug-likeness (QED) is 0.339. The second-order valence-electron chi connectivity index (χ2n) is 7.55. The zero-order chi connectivity index (χ0) is 25.0. The van der Waals surface area contributed by atoms with Crippen LogP contribution in [-0.4, -0.2) is 33.5 Å². The molecule has 2 N–H and O–H groups in total. The lowest BCUT2D eigenvalue weighted by Gasteiger charge is -2.09. The number of aromatic nitrogens is 1. The van der Waals surface area contributed by atoms with Gasteiger partial charge < -0.3 is 9.47 Å². The van der Waals surface area contributed by atoms with Crippen molar-refractivity contribution in [1.29, 1.82) is 0 Å². The molecule has 1 heterocycles. The number of methoxy groups -OCH3 is 2. The molecule has 0 aliphatic rings. The first-order chi connectivity index (χ1) is 16.8. The summed E-state index contributed by atoms with van der Waals surface area (Å²) < 4.78 is 38.3. The van der Waals surface area contributed by atoms with E-state index >= 15 is 0 Å². The average Bonchev–Trinajstić information content (AvgIpc) is 3.32. The van der Waals surface area contributed by atoms with Gasteiger partial charge in [0, 0.05) is 22.2 Å². The number of benzene rings is 3. The van der Waals surface area contributed by atoms with E-state index in [-0.39, 0.29) is 10.8 Å². The Bertz CT molecular complexity index is 1450. The van der Waals surface area contributed by atoms with Crippen LogP contribution in [0.4, 0.5) is 10.8 Å². The van der Waals surface area contributed by atoms with Gasteiger partial charge in [-0.1, -0.05) is 17.7 Å². The molecule has 0 aliphatic carbocycles. The van der Waals surface area contributed by atoms with Crippen LogP contribution in [0.3, 0.4) is 0 Å². The molecule has 4 aromatic rings. The van der Waals surface area contributed by atoms with Gasteiger partial charge in [0.05, 0.1) is 24.8 Å². The molecular formula is C25H23N3O5S2. The average molecular weight is 510 g/mol. The van der Waals surface area contributed by atoms with Crippen LogP contribution in [0.15, 0.2) is 77.0 Å². The van der Waals surface area contributed by atoms with Crippen LogP contribution in [-0.2, 0) is 10.0 Å². The highest BCUT2D eigenvalue weighted by Crippen LogP contribution is 2.35. The second-order valence-corrected chi connectivity index (χ2v) is 10.1. The molecule has 1 aromatic heterocycles. The van der Waals surface area contributed by atoms with Gasteiger partial charge in [0.15, 0.2) is 5.13 Å². The van der Waals surface area contributed by atoms with E-state index in [0.29, 0.717) is 33.6 Å². The lowest BCUT2D eigenvalue weighted by atomic mass is 10.1. The number of hydrogen-bond acceptors (Lipinski definition) is 7. The highest BCUT2D eigenvalue weighted by Gasteiger charge is 2.16. The molecule has 0 saturated carbocycles. The maximum atomic E-state index is 12.7. The fourth-order valence-corrected chi connectivity index (χ4v) is 5.02. The Morgan fingerprint density at radius 2 is 1.66 bits per heavy atom. The standard InChI is InChI=1S/C25H23N3O5S2/c1-16-4-11-20(12-5-16)35(30,31)28-18-8-6-17(7-9-18)24(29)27-25-26-22(15-34-25)21-14-19(32-2)10-13-23(21)33-3/h4-15,28H,1-3H3,(H,26,27,29). The summed E-state index contributed by atoms with van der Waals surface area (Å²) in [5, 5.41) is 5.00. The number of carbonyl (C=O) groups is 1. The number of thiazole rings is 1. The second kappa shape index (κ2) is 10.2. The van der Waals surface area contributed by atoms with Crippen LogP contribution >= 0.6 is 11.3 Å². The van der Waals surface area contributed by atoms with Gasteiger partial charge in [-0.2, -0.15) is 0 Å². The van der Waals surface area contributed by atoms with E-state index in [1.807, 2.05) is 18.4 Å². The van der Waals surface area contributed by atoms with E-state index in [0.717, 1.165) is 11.1 Å². The number of carbonyl (C=O) groups excluding carboxylic acids is 1. The molecule has 3 aromatic carbocycles. The molecular weight excluding hydrogens is 486 g/mol. The molecule has 0 atom stereocenters. The molecule has 0 bridgehead atoms. The minimum atomic E-state index is -3.72. The molecule has 1 amide bonds. The third-order valence-electron chi connectivity index (χ3n) is 5.14. The summed E-state index contributed by atoms with van der Waals surface area (Å²) in [6, 6.07) is 18.1. The number of sulfonamides is 1. The first-order valence-corrected chi connectivity index (χ1v) is 12.8. The van der Waals surface area contributed by atoms with Crippen molar-refractivity contribution in [3.8, 4) is 22.8 Å². The van der Waals surface area contributed by atoms with Crippen molar-refractivity contribution in [1.82, 2.24) is 4.98 Å². The van der Waals surface area contributed by atoms with Crippen molar-refractivity contribution in [2.45, 2.75) is 11.8 Å². The summed E-state index contributed by atoms with van der Waals surface area (Å²) in [4.78, 5) is 17.4. The van der Waals surface area contributed by atoms with Crippen molar-refractivity contribution in [2.75, 3.05) is 24.3 Å². The van der Waals surface area contributed by atoms with E-state index in [1.165, 1.54) is 23.5 Å². The Morgan fingerprint density at radius 1 is 0.943 bits per heavy atom. The number of anilines is 2. The Balaban J connectivity index is 1.45. The van der Waals surface area contributed by atoms with E-state index in [2.05, 4.69) is 15.0 Å². The lowest BCUT2D eigenvalue weighted by Crippen LogP contribution is -2.14. The molecule has 0 saturated heterocycles. The highest BCUT2D eigenvalue weighted by atomic mass is 32.2. The van der Waals surface area contributed by atoms with Gasteiger partial charge in [0.25, 0.3) is 15.9 Å². The molecule has 0 radical (unpaired) electrons. The summed E-state index contributed by atoms with van der Waals surface area (Å²) >= 11 is 1.28. The predicted molar refractivity (Wildman–Crippen MR) is 137 cm³/mol. The van der Waals surface area contributed by atoms with Crippen LogP contribution in [0.1, 0.15) is 15.9 Å². The van der Waals surface area contributed by atoms with Crippen molar-refractivity contribution in [2.24, 2.45) is 0 Å². The van der Waals surface area contributed by atoms with Gasteiger partial charge in [-0.3, -0.25) is 14.8 Å². The maximum Gasteiger partial charge on any atom is 0.261 e. The summed E-state index contributed by atoms with van der Waals surface area (Å²) in [5.74, 6) is 0.937. The zero-order valence-corrected chi connectivity index (χ0v) is 20.9. The summed E-state index contributed by atoms with van der Waals surface area (Å²) in [7, 11) is -0.570. The van der Waals surface area contributed by atoms with Gasteiger partial charge in [-0.05, 0) is 61.5 Å². The number of nitrogens with one attached hydrogen (secondary N) is 2. The first kappa shape index (κ1) is 24.2. The third kappa shape index (κ3) is 5.61. The van der Waals surface area contributed by atoms with Gasteiger partial charge in [-0.25, -0.2) is 13.4 Å². The number of nitrogens with zero attached hydrogens (tertiary/aromatic N) is 1. The number of hydrogen-bond donors (Lipinski definition) is 2. The number of aryl methyl sites for hydroxylation is 1. The fourth-order valence-electron chi connectivity index (χ4n) is 3.26. The van der Waals surface area contributed by atoms with Crippen LogP contribution in [0, 0.1) is 6.92 Å². The molecule has 35 heavy (non-hydrogen) atoms. The SMILES string of the molecule is COc1ccc(OC)c(-c2csc(NC(=O)c3ccc(NS(=O)(=O)c4ccc(C)cc4)cc3)n2)c1. The van der Waals surface area contributed by atoms with Gasteiger partial charge in [0.2, 0.25) is 0 Å². The summed E-state index contributed by atoms with van der Waals surface area (Å²) in [6.07, 6.45) is 0. The van der Waals surface area contributed by atoms with Crippen molar-refractivity contribution < 1.29 is 22.7 Å². The maximum absolute atomic E-state index is 12.7. The summed E-state index contributed by atoms with van der Waals surface area (Å²) in [5.41, 5.74) is 3.06. The Hall–Kier alpha value is -3.89. The molecule has 0 spiro atoms. The van der Waals surface area contributed by atoms with E-state index in [4.69, 9.17) is 9.47 Å². The van der Waals surface area contributed by atoms with E-state index in [9.17, 15) is 13.2 Å². The fraction of sp³-hybridized carbons (Fsp3) is 0.120. The smallest absolute Gasteiger partial charge is 0.261 e. The lowest BCUT2D eigenvalue weighted by molar-refractivity contribution is 0.102. The Kier molecular flexibility index (Phi) is 7.04. The van der Waals surface area contributed by atoms with Gasteiger partial charge in [-0.15, -0.1) is 11.3 Å². The Morgan fingerprint density at radius 3 is 2.31 bits per heavy atom. The number of rotatable bonds is 8. The first-order valence-electron chi connectivity index (χ1n) is 10.5. The molecule has 8 nitrogen and oxygen atoms in total. The van der Waals surface area contributed by atoms with Gasteiger partial charge >= 0.3 is 0 Å². The van der Waals surface area contributed by atoms with Crippen LogP contribution in [0.5, 0.6) is 11.5 Å². The predicted octanol–water partition coefficient (Wildman–Crippen LogP) is 5.19. The molecule has 0 fully saturated rings. The normalized spacial score (nSPS) is 11.1. The minimum absolute atomic E-state index is 0.164. The van der Waals surface area contributed by atoms with Crippen molar-refractivity contribution >= 4 is 38.1 Å². The molecule has 180 valence electrons. The molecule has 10 heteroatoms. The largest absolute Gasteiger partial charge is 0.497 e. The van der Waals surface area contributed by atoms with E-state index in [1.54, 1.807) is 62.8 Å². The highest BCUT2D eigenvalue weighted by molar-refractivity contribution is 7.92. The third-order valence-corrected chi connectivity index (χ3v) is 7.29. The number of ether oxygens (including phenoxy) is 2. The van der Waals surface area contributed by atoms with Gasteiger partial charge in [0.1, 0.15) is 11.5 Å². The zero-order valence-electron chi connectivity index (χ0n) is 19.2. The molecule has 0 aliphatic heterocycles. The Labute approximate surface area is 207 Å². The number of amides is 1. The summed E-state index contributed by atoms with van der Waals surface area (Å²) in [6.45, 7) is 1.88. The van der Waals surface area contributed by atoms with Crippen molar-refractivity contribution in [3.05, 3.63) is 83.2 Å². The van der Waals surface area contributed by atoms with Crippen LogP contribution < -0.4 is 19.5 Å². The monoisotopic (exact) mass is 509 g/mol. The van der Waals surface area contributed by atoms with E-state index < -0.39 is 10.0 Å². The van der Waals surface area contributed by atoms with Crippen molar-refractivity contribution in [3.63, 3.8) is 0 Å². The van der Waals surface area contributed by atoms with Crippen LogP contribution in [0.2, 0.25) is 0 Å². The molecule has 4 rings (SSSR count). The topological polar surface area (TPSA) is 107 Å².